The molecule has 48 valence electrons. The number of nitrogens with zero attached hydrogens (tertiary/aromatic N) is 2. The van der Waals surface area contributed by atoms with E-state index in [9.17, 15) is 0 Å². The third kappa shape index (κ3) is 0.626. The lowest BCUT2D eigenvalue weighted by atomic mass is 10.3. The zero-order valence-electron chi connectivity index (χ0n) is 5.76. The molecule has 0 aromatic rings. The Kier molecular flexibility index (Phi) is 0.721. The van der Waals surface area contributed by atoms with Crippen molar-refractivity contribution in [2.45, 2.75) is 6.92 Å². The monoisotopic (exact) mass is 122 g/mol. The van der Waals surface area contributed by atoms with Crippen LogP contribution in [0.15, 0.2) is 23.5 Å². The van der Waals surface area contributed by atoms with Gasteiger partial charge in [-0.15, -0.1) is 0 Å². The van der Waals surface area contributed by atoms with E-state index in [1.165, 1.54) is 11.3 Å². The molecule has 0 aromatic carbocycles. The maximum atomic E-state index is 2.23. The first-order valence-corrected chi connectivity index (χ1v) is 3.16. The quantitative estimate of drug-likeness (QED) is 0.441. The Morgan fingerprint density at radius 1 is 1.56 bits per heavy atom. The van der Waals surface area contributed by atoms with Crippen molar-refractivity contribution in [3.05, 3.63) is 23.5 Å². The molecule has 2 aliphatic rings. The highest BCUT2D eigenvalue weighted by atomic mass is 15.7. The molecule has 2 nitrogen and oxygen atoms in total. The van der Waals surface area contributed by atoms with Gasteiger partial charge < -0.3 is 0 Å². The molecule has 0 saturated carbocycles. The highest BCUT2D eigenvalue weighted by Gasteiger charge is 2.30. The average molecular weight is 122 g/mol. The fraction of sp³-hybridized carbons (Fsp3) is 0.429. The minimum absolute atomic E-state index is 1.13. The van der Waals surface area contributed by atoms with Crippen molar-refractivity contribution in [1.82, 2.24) is 10.0 Å². The van der Waals surface area contributed by atoms with Crippen molar-refractivity contribution >= 4 is 0 Å². The summed E-state index contributed by atoms with van der Waals surface area (Å²) in [6.07, 6.45) is 4.36. The van der Waals surface area contributed by atoms with E-state index in [2.05, 4.69) is 36.3 Å². The van der Waals surface area contributed by atoms with Crippen molar-refractivity contribution in [1.29, 1.82) is 0 Å². The number of hydrogen-bond acceptors (Lipinski definition) is 2. The van der Waals surface area contributed by atoms with Gasteiger partial charge in [-0.25, -0.2) is 0 Å². The van der Waals surface area contributed by atoms with Crippen LogP contribution in [0.25, 0.3) is 0 Å². The lowest BCUT2D eigenvalue weighted by Crippen LogP contribution is -2.19. The maximum Gasteiger partial charge on any atom is 0.0811 e. The van der Waals surface area contributed by atoms with Crippen molar-refractivity contribution < 1.29 is 0 Å². The fourth-order valence-corrected chi connectivity index (χ4v) is 1.22. The molecule has 1 fully saturated rings. The third-order valence-corrected chi connectivity index (χ3v) is 1.71. The Morgan fingerprint density at radius 3 is 3.00 bits per heavy atom. The van der Waals surface area contributed by atoms with Gasteiger partial charge in [0.15, 0.2) is 0 Å². The molecule has 0 N–H and O–H groups in total. The lowest BCUT2D eigenvalue weighted by Gasteiger charge is -2.18. The van der Waals surface area contributed by atoms with Gasteiger partial charge in [-0.3, -0.25) is 10.0 Å². The van der Waals surface area contributed by atoms with Crippen LogP contribution in [0.4, 0.5) is 0 Å². The lowest BCUT2D eigenvalue weighted by molar-refractivity contribution is 0.210. The Bertz CT molecular complexity index is 203. The number of allylic oxidation sites excluding steroid dienone is 2. The molecule has 9 heavy (non-hydrogen) atoms. The molecule has 1 saturated heterocycles. The summed E-state index contributed by atoms with van der Waals surface area (Å²) in [6.45, 7) is 3.25. The third-order valence-electron chi connectivity index (χ3n) is 1.71. The standard InChI is InChI=1S/C7H10N2/c1-6-3-7-5-9(7)8(2)4-6/h3-4H,5H2,1-2H3. The average Bonchev–Trinajstić information content (AvgIpc) is 2.43. The van der Waals surface area contributed by atoms with Gasteiger partial charge in [0, 0.05) is 13.2 Å². The normalized spacial score (nSPS) is 22.9. The van der Waals surface area contributed by atoms with Crippen LogP contribution in [0, 0.1) is 0 Å². The predicted molar refractivity (Wildman–Crippen MR) is 36.3 cm³/mol. The summed E-state index contributed by atoms with van der Waals surface area (Å²) >= 11 is 0. The van der Waals surface area contributed by atoms with Gasteiger partial charge in [-0.05, 0) is 18.6 Å². The van der Waals surface area contributed by atoms with Crippen LogP contribution in [0.5, 0.6) is 0 Å². The molecule has 0 aromatic heterocycles. The largest absolute Gasteiger partial charge is 0.295 e. The summed E-state index contributed by atoms with van der Waals surface area (Å²) in [6, 6.07) is 0. The maximum absolute atomic E-state index is 2.23. The molecule has 2 rings (SSSR count). The molecular formula is C7H10N2. The second kappa shape index (κ2) is 1.32. The molecule has 2 aliphatic heterocycles. The van der Waals surface area contributed by atoms with Gasteiger partial charge in [0.25, 0.3) is 0 Å². The molecule has 0 radical (unpaired) electrons. The van der Waals surface area contributed by atoms with Crippen molar-refractivity contribution in [2.75, 3.05) is 13.6 Å². The van der Waals surface area contributed by atoms with E-state index in [1.807, 2.05) is 0 Å². The van der Waals surface area contributed by atoms with Crippen LogP contribution in [0.2, 0.25) is 0 Å². The minimum atomic E-state index is 1.13. The molecule has 2 heterocycles. The number of hydrogen-bond donors (Lipinski definition) is 0. The van der Waals surface area contributed by atoms with E-state index in [1.54, 1.807) is 0 Å². The molecule has 0 spiro atoms. The summed E-state index contributed by atoms with van der Waals surface area (Å²) in [5.74, 6) is 0. The first kappa shape index (κ1) is 4.91. The highest BCUT2D eigenvalue weighted by Crippen LogP contribution is 2.29. The SMILES string of the molecule is CC1=CN(C)N2CC2=C1. The summed E-state index contributed by atoms with van der Waals surface area (Å²) in [5, 5.41) is 4.36. The predicted octanol–water partition coefficient (Wildman–Crippen LogP) is 0.950. The molecular weight excluding hydrogens is 112 g/mol. The summed E-state index contributed by atoms with van der Waals surface area (Å²) in [5.41, 5.74) is 2.79. The molecule has 2 heteroatoms. The van der Waals surface area contributed by atoms with E-state index in [4.69, 9.17) is 0 Å². The van der Waals surface area contributed by atoms with Crippen LogP contribution >= 0.6 is 0 Å². The molecule has 0 amide bonds. The van der Waals surface area contributed by atoms with E-state index in [0.29, 0.717) is 0 Å². The van der Waals surface area contributed by atoms with Gasteiger partial charge >= 0.3 is 0 Å². The van der Waals surface area contributed by atoms with Crippen LogP contribution in [-0.4, -0.2) is 23.6 Å². The first-order valence-electron chi connectivity index (χ1n) is 3.16. The zero-order valence-corrected chi connectivity index (χ0v) is 5.76. The van der Waals surface area contributed by atoms with E-state index >= 15 is 0 Å². The van der Waals surface area contributed by atoms with Crippen molar-refractivity contribution in [2.24, 2.45) is 0 Å². The Morgan fingerprint density at radius 2 is 2.33 bits per heavy atom. The Balaban J connectivity index is 2.30. The number of hydrazine groups is 1. The number of fused-ring (bicyclic) bond motifs is 1. The first-order chi connectivity index (χ1) is 4.27. The van der Waals surface area contributed by atoms with Gasteiger partial charge in [0.2, 0.25) is 0 Å². The molecule has 0 bridgehead atoms. The van der Waals surface area contributed by atoms with Gasteiger partial charge in [0.1, 0.15) is 0 Å². The number of rotatable bonds is 0. The zero-order chi connectivity index (χ0) is 6.43. The van der Waals surface area contributed by atoms with Crippen LogP contribution in [0.3, 0.4) is 0 Å². The second-order valence-electron chi connectivity index (χ2n) is 2.64. The minimum Gasteiger partial charge on any atom is -0.295 e. The van der Waals surface area contributed by atoms with Crippen molar-refractivity contribution in [3.63, 3.8) is 0 Å². The fourth-order valence-electron chi connectivity index (χ4n) is 1.22. The van der Waals surface area contributed by atoms with E-state index in [-0.39, 0.29) is 0 Å². The Hall–Kier alpha value is -0.920. The summed E-state index contributed by atoms with van der Waals surface area (Å²) in [7, 11) is 2.07. The van der Waals surface area contributed by atoms with Gasteiger partial charge in [-0.2, -0.15) is 0 Å². The Labute approximate surface area is 55.0 Å². The second-order valence-corrected chi connectivity index (χ2v) is 2.64. The smallest absolute Gasteiger partial charge is 0.0811 e. The van der Waals surface area contributed by atoms with Crippen LogP contribution in [-0.2, 0) is 0 Å². The summed E-state index contributed by atoms with van der Waals surface area (Å²) < 4.78 is 0. The highest BCUT2D eigenvalue weighted by molar-refractivity contribution is 5.32. The summed E-state index contributed by atoms with van der Waals surface area (Å²) in [4.78, 5) is 0. The van der Waals surface area contributed by atoms with Crippen LogP contribution < -0.4 is 0 Å². The molecule has 0 aliphatic carbocycles. The molecule has 0 unspecified atom stereocenters. The van der Waals surface area contributed by atoms with Gasteiger partial charge in [0.05, 0.1) is 12.2 Å². The topological polar surface area (TPSA) is 6.25 Å². The van der Waals surface area contributed by atoms with Crippen LogP contribution in [0.1, 0.15) is 6.92 Å². The van der Waals surface area contributed by atoms with Crippen molar-refractivity contribution in [3.8, 4) is 0 Å². The van der Waals surface area contributed by atoms with Gasteiger partial charge in [-0.1, -0.05) is 0 Å². The van der Waals surface area contributed by atoms with E-state index in [0.717, 1.165) is 6.54 Å². The van der Waals surface area contributed by atoms with E-state index < -0.39 is 0 Å². The molecule has 0 atom stereocenters.